The summed E-state index contributed by atoms with van der Waals surface area (Å²) in [4.78, 5) is 44.3. The van der Waals surface area contributed by atoms with E-state index in [0.29, 0.717) is 42.6 Å². The van der Waals surface area contributed by atoms with Gasteiger partial charge in [0, 0.05) is 68.5 Å². The average molecular weight is 922 g/mol. The molecule has 3 aliphatic heterocycles. The molecule has 1 amide bonds. The smallest absolute Gasteiger partial charge is 0.293 e. The van der Waals surface area contributed by atoms with Crippen LogP contribution in [0.1, 0.15) is 113 Å². The van der Waals surface area contributed by atoms with E-state index in [1.54, 1.807) is 18.3 Å². The molecule has 4 aliphatic rings. The van der Waals surface area contributed by atoms with Crippen LogP contribution in [0.25, 0.3) is 11.0 Å². The Morgan fingerprint density at radius 3 is 2.47 bits per heavy atom. The van der Waals surface area contributed by atoms with Crippen LogP contribution in [0.3, 0.4) is 0 Å². The van der Waals surface area contributed by atoms with Crippen molar-refractivity contribution in [2.24, 2.45) is 5.41 Å². The first kappa shape index (κ1) is 45.5. The van der Waals surface area contributed by atoms with E-state index in [4.69, 9.17) is 9.72 Å². The first-order valence-electron chi connectivity index (χ1n) is 23.3. The monoisotopic (exact) mass is 921 g/mol. The number of aromatic nitrogens is 3. The number of nitro benzene ring substituents is 1. The van der Waals surface area contributed by atoms with E-state index in [0.717, 1.165) is 50.0 Å². The molecule has 4 fully saturated rings. The van der Waals surface area contributed by atoms with Crippen molar-refractivity contribution in [2.75, 3.05) is 49.5 Å². The number of H-pyrrole nitrogens is 1. The van der Waals surface area contributed by atoms with Crippen LogP contribution in [0.5, 0.6) is 11.6 Å². The maximum absolute atomic E-state index is 15.7. The number of fused-ring (bicyclic) bond motifs is 1. The van der Waals surface area contributed by atoms with Gasteiger partial charge in [-0.2, -0.15) is 4.98 Å². The molecule has 0 bridgehead atoms. The summed E-state index contributed by atoms with van der Waals surface area (Å²) in [6, 6.07) is 20.2. The molecular weight excluding hydrogens is 862 g/mol. The molecule has 1 atom stereocenters. The second-order valence-electron chi connectivity index (χ2n) is 19.4. The Morgan fingerprint density at radius 2 is 1.74 bits per heavy atom. The van der Waals surface area contributed by atoms with E-state index in [-0.39, 0.29) is 53.7 Å². The summed E-state index contributed by atoms with van der Waals surface area (Å²) < 4.78 is 51.5. The number of carbonyl (C=O) groups excluding carboxylic acids is 1. The van der Waals surface area contributed by atoms with Crippen LogP contribution in [0, 0.1) is 15.5 Å². The highest BCUT2D eigenvalue weighted by atomic mass is 32.2. The number of ether oxygens (including phenoxy) is 1. The van der Waals surface area contributed by atoms with E-state index >= 15 is 4.39 Å². The average Bonchev–Trinajstić information content (AvgIpc) is 3.98. The zero-order valence-corrected chi connectivity index (χ0v) is 38.9. The summed E-state index contributed by atoms with van der Waals surface area (Å²) in [5.74, 6) is 0.210. The van der Waals surface area contributed by atoms with Gasteiger partial charge in [-0.1, -0.05) is 38.1 Å². The molecule has 17 heteroatoms. The predicted octanol–water partition coefficient (Wildman–Crippen LogP) is 9.11. The van der Waals surface area contributed by atoms with Crippen molar-refractivity contribution in [2.45, 2.75) is 114 Å². The summed E-state index contributed by atoms with van der Waals surface area (Å²) in [7, 11) is -4.65. The predicted molar refractivity (Wildman–Crippen MR) is 253 cm³/mol. The van der Waals surface area contributed by atoms with Gasteiger partial charge in [0.2, 0.25) is 5.88 Å². The SMILES string of the molecule is CC(C)c1ccccc1C1CCCN1C1CC2(CCN(c3ccc(C(=O)NS(=O)(=O)c4ccc(NCC5(F)CCN(C(C)C)CC5)c([N+](=O)[O-])c4)c(Oc4cnc5[nH]ccc5c4)n3)CC2)C1. The lowest BCUT2D eigenvalue weighted by Crippen LogP contribution is -2.55. The van der Waals surface area contributed by atoms with Crippen LogP contribution in [0.4, 0.5) is 21.6 Å². The molecular formula is C49H60FN9O6S. The number of hydrogen-bond acceptors (Lipinski definition) is 12. The third-order valence-electron chi connectivity index (χ3n) is 14.6. The van der Waals surface area contributed by atoms with Crippen molar-refractivity contribution in [1.82, 2.24) is 29.5 Å². The maximum Gasteiger partial charge on any atom is 0.293 e. The van der Waals surface area contributed by atoms with Gasteiger partial charge in [0.05, 0.1) is 16.0 Å². The van der Waals surface area contributed by atoms with Gasteiger partial charge in [-0.3, -0.25) is 19.8 Å². The third kappa shape index (κ3) is 9.34. The maximum atomic E-state index is 15.7. The number of nitrogens with zero attached hydrogens (tertiary/aromatic N) is 6. The number of amides is 1. The number of piperidine rings is 2. The van der Waals surface area contributed by atoms with Crippen molar-refractivity contribution in [3.63, 3.8) is 0 Å². The molecule has 9 rings (SSSR count). The molecule has 3 saturated heterocycles. The number of carbonyl (C=O) groups is 1. The zero-order valence-electron chi connectivity index (χ0n) is 38.1. The highest BCUT2D eigenvalue weighted by molar-refractivity contribution is 7.90. The minimum Gasteiger partial charge on any atom is -0.436 e. The quantitative estimate of drug-likeness (QED) is 0.0712. The third-order valence-corrected chi connectivity index (χ3v) is 16.0. The number of sulfonamides is 1. The highest BCUT2D eigenvalue weighted by Gasteiger charge is 2.50. The second kappa shape index (κ2) is 18.2. The molecule has 1 unspecified atom stereocenters. The van der Waals surface area contributed by atoms with E-state index in [9.17, 15) is 23.3 Å². The summed E-state index contributed by atoms with van der Waals surface area (Å²) in [5.41, 5.74) is 1.50. The van der Waals surface area contributed by atoms with E-state index < -0.39 is 37.1 Å². The minimum absolute atomic E-state index is 0.0266. The van der Waals surface area contributed by atoms with Gasteiger partial charge in [-0.05, 0) is 131 Å². The van der Waals surface area contributed by atoms with Crippen molar-refractivity contribution in [3.8, 4) is 11.6 Å². The topological polar surface area (TPSA) is 179 Å². The van der Waals surface area contributed by atoms with Crippen LogP contribution >= 0.6 is 0 Å². The van der Waals surface area contributed by atoms with Gasteiger partial charge in [0.25, 0.3) is 21.6 Å². The number of aromatic amines is 1. The standard InChI is InChI=1S/C49H60FN9O6S/c1-32(2)38-8-5-6-9-39(38)42-10-7-21-58(42)35-28-48(29-35)16-22-57(23-17-48)44-14-12-40(47(54-44)65-36-26-34-15-20-51-45(34)52-30-36)46(60)55-66(63,64)37-11-13-41(43(27-37)59(61)62)53-31-49(50)18-24-56(25-19-49)33(3)4/h5-6,8-9,11-15,20,26-27,30,32-33,35,42,53H,7,10,16-19,21-25,28-29,31H2,1-4H3,(H,51,52)(H,55,60). The molecule has 3 N–H and O–H groups in total. The molecule has 1 aliphatic carbocycles. The van der Waals surface area contributed by atoms with Crippen molar-refractivity contribution in [1.29, 1.82) is 0 Å². The fraction of sp³-hybridized carbons (Fsp3) is 0.490. The normalized spacial score (nSPS) is 20.2. The lowest BCUT2D eigenvalue weighted by Gasteiger charge is -2.56. The van der Waals surface area contributed by atoms with Gasteiger partial charge in [-0.15, -0.1) is 0 Å². The summed E-state index contributed by atoms with van der Waals surface area (Å²) in [6.45, 7) is 12.3. The molecule has 3 aromatic heterocycles. The van der Waals surface area contributed by atoms with Crippen LogP contribution in [-0.4, -0.2) is 101 Å². The van der Waals surface area contributed by atoms with Gasteiger partial charge in [-0.25, -0.2) is 22.5 Å². The van der Waals surface area contributed by atoms with Crippen molar-refractivity contribution >= 4 is 44.2 Å². The first-order valence-corrected chi connectivity index (χ1v) is 24.8. The van der Waals surface area contributed by atoms with Gasteiger partial charge in [0.1, 0.15) is 34.1 Å². The van der Waals surface area contributed by atoms with Gasteiger partial charge >= 0.3 is 0 Å². The Bertz CT molecular complexity index is 2700. The van der Waals surface area contributed by atoms with Crippen LogP contribution in [0.2, 0.25) is 0 Å². The largest absolute Gasteiger partial charge is 0.436 e. The number of alkyl halides is 1. The molecule has 5 aromatic rings. The second-order valence-corrected chi connectivity index (χ2v) is 21.1. The molecule has 1 spiro atoms. The Balaban J connectivity index is 0.893. The molecule has 2 aromatic carbocycles. The van der Waals surface area contributed by atoms with Crippen molar-refractivity contribution in [3.05, 3.63) is 106 Å². The lowest BCUT2D eigenvalue weighted by atomic mass is 9.60. The van der Waals surface area contributed by atoms with E-state index in [2.05, 4.69) is 86.7 Å². The summed E-state index contributed by atoms with van der Waals surface area (Å²) in [5, 5.41) is 15.8. The Kier molecular flexibility index (Phi) is 12.6. The molecule has 66 heavy (non-hydrogen) atoms. The first-order chi connectivity index (χ1) is 31.6. The number of anilines is 2. The zero-order chi connectivity index (χ0) is 46.4. The molecule has 0 radical (unpaired) electrons. The van der Waals surface area contributed by atoms with Crippen molar-refractivity contribution < 1.29 is 27.3 Å². The fourth-order valence-corrected chi connectivity index (χ4v) is 11.7. The number of nitro groups is 1. The minimum atomic E-state index is -4.65. The van der Waals surface area contributed by atoms with Crippen LogP contribution in [-0.2, 0) is 10.0 Å². The Morgan fingerprint density at radius 1 is 0.985 bits per heavy atom. The van der Waals surface area contributed by atoms with E-state index in [1.807, 2.05) is 6.07 Å². The van der Waals surface area contributed by atoms with Crippen LogP contribution in [0.15, 0.2) is 84.0 Å². The number of pyridine rings is 2. The Labute approximate surface area is 385 Å². The van der Waals surface area contributed by atoms with E-state index in [1.165, 1.54) is 55.1 Å². The number of benzene rings is 2. The summed E-state index contributed by atoms with van der Waals surface area (Å²) >= 11 is 0. The van der Waals surface area contributed by atoms with Gasteiger partial charge < -0.3 is 24.8 Å². The number of hydrogen-bond donors (Lipinski definition) is 3. The fourth-order valence-electron chi connectivity index (χ4n) is 10.7. The van der Waals surface area contributed by atoms with Crippen LogP contribution < -0.4 is 19.7 Å². The number of likely N-dealkylation sites (tertiary alicyclic amines) is 2. The highest BCUT2D eigenvalue weighted by Crippen LogP contribution is 2.54. The Hall–Kier alpha value is -5.65. The van der Waals surface area contributed by atoms with Gasteiger partial charge in [0.15, 0.2) is 0 Å². The molecule has 15 nitrogen and oxygen atoms in total. The summed E-state index contributed by atoms with van der Waals surface area (Å²) in [6.07, 6.45) is 10.5. The number of halogens is 1. The molecule has 6 heterocycles. The molecule has 350 valence electrons. The lowest BCUT2D eigenvalue weighted by molar-refractivity contribution is -0.384. The number of nitrogens with one attached hydrogen (secondary N) is 3. The molecule has 1 saturated carbocycles. The number of rotatable bonds is 14.